The second kappa shape index (κ2) is 9.05. The summed E-state index contributed by atoms with van der Waals surface area (Å²) in [6.45, 7) is 2.28. The number of nitrogens with one attached hydrogen (secondary N) is 1. The highest BCUT2D eigenvalue weighted by molar-refractivity contribution is 5.95. The summed E-state index contributed by atoms with van der Waals surface area (Å²) in [4.78, 5) is 20.6. The van der Waals surface area contributed by atoms with Gasteiger partial charge in [-0.1, -0.05) is 36.4 Å². The molecule has 1 amide bonds. The molecule has 0 spiro atoms. The van der Waals surface area contributed by atoms with E-state index >= 15 is 0 Å². The van der Waals surface area contributed by atoms with Crippen molar-refractivity contribution in [2.75, 3.05) is 5.32 Å². The van der Waals surface area contributed by atoms with Crippen molar-refractivity contribution in [2.24, 2.45) is 7.05 Å². The maximum atomic E-state index is 12.2. The lowest BCUT2D eigenvalue weighted by molar-refractivity contribution is -0.123. The van der Waals surface area contributed by atoms with Gasteiger partial charge in [-0.2, -0.15) is 5.10 Å². The van der Waals surface area contributed by atoms with E-state index in [1.54, 1.807) is 0 Å². The van der Waals surface area contributed by atoms with Crippen molar-refractivity contribution in [1.82, 2.24) is 9.78 Å². The van der Waals surface area contributed by atoms with Crippen LogP contribution in [0.3, 0.4) is 0 Å². The van der Waals surface area contributed by atoms with Gasteiger partial charge in [0.1, 0.15) is 12.4 Å². The van der Waals surface area contributed by atoms with Gasteiger partial charge in [-0.25, -0.2) is 0 Å². The molecule has 29 heavy (non-hydrogen) atoms. The molecule has 4 rings (SSSR count). The van der Waals surface area contributed by atoms with E-state index in [4.69, 9.17) is 14.6 Å². The Morgan fingerprint density at radius 1 is 1.24 bits per heavy atom. The van der Waals surface area contributed by atoms with Crippen LogP contribution in [0.2, 0.25) is 0 Å². The van der Waals surface area contributed by atoms with E-state index in [1.807, 2.05) is 73.4 Å². The second-order valence-electron chi connectivity index (χ2n) is 6.74. The minimum absolute atomic E-state index is 0.0194. The van der Waals surface area contributed by atoms with Crippen LogP contribution in [0.4, 0.5) is 5.69 Å². The Hall–Kier alpha value is -3.61. The summed E-state index contributed by atoms with van der Waals surface area (Å²) in [5.74, 6) is 0.790. The van der Waals surface area contributed by atoms with Crippen LogP contribution in [0.5, 0.6) is 5.75 Å². The van der Waals surface area contributed by atoms with Crippen molar-refractivity contribution in [3.8, 4) is 5.75 Å². The van der Waals surface area contributed by atoms with Gasteiger partial charge in [0.05, 0.1) is 6.20 Å². The smallest absolute Gasteiger partial charge is 0.290 e. The molecule has 1 aliphatic rings. The summed E-state index contributed by atoms with van der Waals surface area (Å²) in [6.07, 6.45) is 2.30. The lowest BCUT2D eigenvalue weighted by atomic mass is 9.85. The first-order valence-corrected chi connectivity index (χ1v) is 9.20. The van der Waals surface area contributed by atoms with Gasteiger partial charge in [0, 0.05) is 42.4 Å². The van der Waals surface area contributed by atoms with Gasteiger partial charge in [-0.15, -0.1) is 0 Å². The molecule has 2 N–H and O–H groups in total. The summed E-state index contributed by atoms with van der Waals surface area (Å²) < 4.78 is 7.74. The number of aromatic nitrogens is 2. The summed E-state index contributed by atoms with van der Waals surface area (Å²) in [7, 11) is 1.92. The lowest BCUT2D eigenvalue weighted by Crippen LogP contribution is -2.23. The van der Waals surface area contributed by atoms with Crippen LogP contribution in [-0.4, -0.2) is 27.3 Å². The number of fused-ring (bicyclic) bond motifs is 1. The number of benzene rings is 2. The third-order valence-electron chi connectivity index (χ3n) is 4.96. The lowest BCUT2D eigenvalue weighted by Gasteiger charge is -2.26. The van der Waals surface area contributed by atoms with Crippen LogP contribution in [0.1, 0.15) is 34.7 Å². The summed E-state index contributed by atoms with van der Waals surface area (Å²) in [5.41, 5.74) is 5.22. The zero-order valence-electron chi connectivity index (χ0n) is 16.3. The number of nitrogens with zero attached hydrogens (tertiary/aromatic N) is 2. The maximum absolute atomic E-state index is 12.2. The van der Waals surface area contributed by atoms with Crippen LogP contribution in [-0.2, 0) is 23.2 Å². The molecular weight excluding hydrogens is 370 g/mol. The molecule has 1 aromatic heterocycles. The summed E-state index contributed by atoms with van der Waals surface area (Å²) in [5, 5.41) is 14.2. The third-order valence-corrected chi connectivity index (χ3v) is 4.96. The van der Waals surface area contributed by atoms with Crippen molar-refractivity contribution >= 4 is 18.1 Å². The Balaban J connectivity index is 0.000000755. The molecule has 150 valence electrons. The average molecular weight is 393 g/mol. The molecule has 1 atom stereocenters. The summed E-state index contributed by atoms with van der Waals surface area (Å²) in [6, 6.07) is 16.0. The average Bonchev–Trinajstić information content (AvgIpc) is 3.05. The first kappa shape index (κ1) is 20.1. The van der Waals surface area contributed by atoms with Crippen LogP contribution in [0, 0.1) is 6.92 Å². The van der Waals surface area contributed by atoms with E-state index in [1.165, 1.54) is 0 Å². The van der Waals surface area contributed by atoms with E-state index in [0.29, 0.717) is 13.0 Å². The van der Waals surface area contributed by atoms with Gasteiger partial charge in [-0.05, 0) is 24.1 Å². The van der Waals surface area contributed by atoms with Crippen molar-refractivity contribution in [3.63, 3.8) is 0 Å². The third kappa shape index (κ3) is 4.63. The first-order chi connectivity index (χ1) is 14.0. The molecule has 7 nitrogen and oxygen atoms in total. The number of aryl methyl sites for hydroxylation is 1. The molecule has 3 aromatic rings. The zero-order chi connectivity index (χ0) is 20.8. The molecule has 1 aliphatic heterocycles. The first-order valence-electron chi connectivity index (χ1n) is 9.20. The van der Waals surface area contributed by atoms with Crippen LogP contribution in [0.15, 0.2) is 54.7 Å². The Labute approximate surface area is 168 Å². The van der Waals surface area contributed by atoms with E-state index in [9.17, 15) is 4.79 Å². The Bertz CT molecular complexity index is 999. The number of hydrogen-bond donors (Lipinski definition) is 2. The molecule has 2 heterocycles. The van der Waals surface area contributed by atoms with Gasteiger partial charge in [0.25, 0.3) is 6.47 Å². The Morgan fingerprint density at radius 2 is 1.97 bits per heavy atom. The van der Waals surface area contributed by atoms with Crippen molar-refractivity contribution < 1.29 is 19.4 Å². The molecule has 0 saturated carbocycles. The topological polar surface area (TPSA) is 93.5 Å². The van der Waals surface area contributed by atoms with Gasteiger partial charge in [0.15, 0.2) is 0 Å². The van der Waals surface area contributed by atoms with Crippen molar-refractivity contribution in [1.29, 1.82) is 0 Å². The quantitative estimate of drug-likeness (QED) is 0.662. The fourth-order valence-corrected chi connectivity index (χ4v) is 3.41. The number of carbonyl (C=O) groups is 2. The van der Waals surface area contributed by atoms with Crippen molar-refractivity contribution in [3.05, 3.63) is 77.1 Å². The summed E-state index contributed by atoms with van der Waals surface area (Å²) >= 11 is 0. The van der Waals surface area contributed by atoms with Crippen LogP contribution >= 0.6 is 0 Å². The maximum Gasteiger partial charge on any atom is 0.290 e. The number of rotatable bonds is 4. The fourth-order valence-electron chi connectivity index (χ4n) is 3.41. The SMILES string of the molecule is Cc1c(C2CC(=O)Nc3cc(OCc4ccccc4)ccc32)cnn1C.O=CO. The molecule has 7 heteroatoms. The van der Waals surface area contributed by atoms with E-state index in [2.05, 4.69) is 10.4 Å². The predicted molar refractivity (Wildman–Crippen MR) is 109 cm³/mol. The molecule has 0 bridgehead atoms. The largest absolute Gasteiger partial charge is 0.489 e. The standard InChI is InChI=1S/C21H21N3O2.CH2O2/c1-14-19(12-22-24(14)2)18-11-21(25)23-20-10-16(8-9-17(18)20)26-13-15-6-4-3-5-7-15;2-1-3/h3-10,12,18H,11,13H2,1-2H3,(H,23,25);1H,(H,2,3). The number of amides is 1. The Morgan fingerprint density at radius 3 is 2.62 bits per heavy atom. The molecule has 2 aromatic carbocycles. The number of carboxylic acid groups (broad SMARTS) is 1. The number of hydrogen-bond acceptors (Lipinski definition) is 4. The second-order valence-corrected chi connectivity index (χ2v) is 6.74. The minimum Gasteiger partial charge on any atom is -0.489 e. The monoisotopic (exact) mass is 393 g/mol. The van der Waals surface area contributed by atoms with Gasteiger partial charge < -0.3 is 15.2 Å². The van der Waals surface area contributed by atoms with E-state index in [-0.39, 0.29) is 18.3 Å². The van der Waals surface area contributed by atoms with E-state index < -0.39 is 0 Å². The van der Waals surface area contributed by atoms with Gasteiger partial charge in [-0.3, -0.25) is 14.3 Å². The molecule has 0 radical (unpaired) electrons. The van der Waals surface area contributed by atoms with Crippen molar-refractivity contribution in [2.45, 2.75) is 25.9 Å². The highest BCUT2D eigenvalue weighted by atomic mass is 16.5. The van der Waals surface area contributed by atoms with Gasteiger partial charge >= 0.3 is 0 Å². The number of ether oxygens (including phenoxy) is 1. The fraction of sp³-hybridized carbons (Fsp3) is 0.227. The highest BCUT2D eigenvalue weighted by Gasteiger charge is 2.29. The Kier molecular flexibility index (Phi) is 6.29. The molecule has 0 saturated heterocycles. The number of carbonyl (C=O) groups excluding carboxylic acids is 1. The minimum atomic E-state index is -0.250. The molecule has 1 unspecified atom stereocenters. The number of anilines is 1. The van der Waals surface area contributed by atoms with E-state index in [0.717, 1.165) is 33.8 Å². The van der Waals surface area contributed by atoms with Gasteiger partial charge in [0.2, 0.25) is 5.91 Å². The molecule has 0 aliphatic carbocycles. The molecular formula is C22H23N3O4. The molecule has 0 fully saturated rings. The van der Waals surface area contributed by atoms with Crippen LogP contribution < -0.4 is 10.1 Å². The normalized spacial score (nSPS) is 14.8. The zero-order valence-corrected chi connectivity index (χ0v) is 16.3. The van der Waals surface area contributed by atoms with Crippen LogP contribution in [0.25, 0.3) is 0 Å². The predicted octanol–water partition coefficient (Wildman–Crippen LogP) is 3.48. The highest BCUT2D eigenvalue weighted by Crippen LogP contribution is 2.39.